The zero-order valence-corrected chi connectivity index (χ0v) is 15.8. The number of halogens is 3. The molecule has 2 N–H and O–H groups in total. The van der Waals surface area contributed by atoms with Gasteiger partial charge in [-0.15, -0.1) is 0 Å². The fourth-order valence-electron chi connectivity index (χ4n) is 3.20. The third-order valence-corrected chi connectivity index (χ3v) is 4.76. The van der Waals surface area contributed by atoms with Crippen molar-refractivity contribution < 1.29 is 18.0 Å². The molecular formula is C17H22F3N7O. The molecule has 1 amide bonds. The Morgan fingerprint density at radius 1 is 1.25 bits per heavy atom. The number of anilines is 3. The average Bonchev–Trinajstić information content (AvgIpc) is 3.30. The number of alkyl halides is 3. The van der Waals surface area contributed by atoms with Crippen LogP contribution in [0, 0.1) is 6.92 Å². The first-order valence-corrected chi connectivity index (χ1v) is 8.94. The van der Waals surface area contributed by atoms with E-state index in [-0.39, 0.29) is 17.7 Å². The maximum absolute atomic E-state index is 13.0. The molecule has 1 atom stereocenters. The Morgan fingerprint density at radius 2 is 1.93 bits per heavy atom. The second-order valence-corrected chi connectivity index (χ2v) is 6.63. The van der Waals surface area contributed by atoms with E-state index in [1.54, 1.807) is 18.5 Å². The third-order valence-electron chi connectivity index (χ3n) is 4.76. The number of hydrogen-bond donors (Lipinski definition) is 2. The smallest absolute Gasteiger partial charge is 0.372 e. The van der Waals surface area contributed by atoms with Crippen molar-refractivity contribution in [1.82, 2.24) is 24.6 Å². The highest BCUT2D eigenvalue weighted by atomic mass is 19.4. The summed E-state index contributed by atoms with van der Waals surface area (Å²) in [7, 11) is 1.36. The lowest BCUT2D eigenvalue weighted by atomic mass is 10.2. The van der Waals surface area contributed by atoms with Gasteiger partial charge in [0.1, 0.15) is 17.4 Å². The minimum absolute atomic E-state index is 0.00137. The summed E-state index contributed by atoms with van der Waals surface area (Å²) in [6.07, 6.45) is -0.322. The first-order valence-electron chi connectivity index (χ1n) is 8.94. The first-order chi connectivity index (χ1) is 13.2. The lowest BCUT2D eigenvalue weighted by Crippen LogP contribution is -2.34. The summed E-state index contributed by atoms with van der Waals surface area (Å²) in [5, 5.41) is 9.56. The summed E-state index contributed by atoms with van der Waals surface area (Å²) in [6, 6.07) is -0.477. The fourth-order valence-corrected chi connectivity index (χ4v) is 3.20. The van der Waals surface area contributed by atoms with Gasteiger partial charge in [0.05, 0.1) is 17.6 Å². The second-order valence-electron chi connectivity index (χ2n) is 6.63. The monoisotopic (exact) mass is 397 g/mol. The third kappa shape index (κ3) is 3.87. The lowest BCUT2D eigenvalue weighted by Gasteiger charge is -2.21. The minimum atomic E-state index is -4.55. The van der Waals surface area contributed by atoms with E-state index in [1.165, 1.54) is 13.2 Å². The molecule has 0 spiro atoms. The summed E-state index contributed by atoms with van der Waals surface area (Å²) in [5.41, 5.74) is 0.232. The molecule has 1 aliphatic rings. The van der Waals surface area contributed by atoms with Gasteiger partial charge in [0.15, 0.2) is 0 Å². The van der Waals surface area contributed by atoms with Gasteiger partial charge < -0.3 is 15.5 Å². The predicted octanol–water partition coefficient (Wildman–Crippen LogP) is 2.97. The topological polar surface area (TPSA) is 88.0 Å². The van der Waals surface area contributed by atoms with Crippen LogP contribution in [0.3, 0.4) is 0 Å². The van der Waals surface area contributed by atoms with Crippen LogP contribution in [-0.2, 0) is 11.0 Å². The van der Waals surface area contributed by atoms with E-state index in [0.29, 0.717) is 11.4 Å². The molecule has 152 valence electrons. The molecule has 0 unspecified atom stereocenters. The van der Waals surface area contributed by atoms with E-state index >= 15 is 0 Å². The molecule has 0 bridgehead atoms. The molecule has 3 rings (SSSR count). The van der Waals surface area contributed by atoms with Crippen LogP contribution in [0.25, 0.3) is 0 Å². The van der Waals surface area contributed by atoms with E-state index in [2.05, 4.69) is 25.7 Å². The van der Waals surface area contributed by atoms with Crippen LogP contribution >= 0.6 is 0 Å². The van der Waals surface area contributed by atoms with E-state index in [4.69, 9.17) is 0 Å². The number of nitrogens with zero attached hydrogens (tertiary/aromatic N) is 5. The van der Waals surface area contributed by atoms with Crippen molar-refractivity contribution in [2.24, 2.45) is 0 Å². The van der Waals surface area contributed by atoms with E-state index in [0.717, 1.165) is 32.1 Å². The Kier molecular flexibility index (Phi) is 5.43. The van der Waals surface area contributed by atoms with Crippen molar-refractivity contribution in [3.63, 3.8) is 0 Å². The van der Waals surface area contributed by atoms with Gasteiger partial charge in [0, 0.05) is 26.3 Å². The van der Waals surface area contributed by atoms with Gasteiger partial charge in [0.2, 0.25) is 11.9 Å². The van der Waals surface area contributed by atoms with Gasteiger partial charge in [0.25, 0.3) is 0 Å². The molecule has 1 fully saturated rings. The van der Waals surface area contributed by atoms with Crippen molar-refractivity contribution in [3.8, 4) is 0 Å². The van der Waals surface area contributed by atoms with Crippen molar-refractivity contribution >= 4 is 23.4 Å². The minimum Gasteiger partial charge on any atom is -0.372 e. The number of carbonyl (C=O) groups excluding carboxylic acids is 1. The molecule has 1 saturated heterocycles. The number of likely N-dealkylation sites (tertiary alicyclic amines) is 1. The van der Waals surface area contributed by atoms with Crippen molar-refractivity contribution in [3.05, 3.63) is 23.7 Å². The number of carbonyl (C=O) groups is 1. The molecule has 28 heavy (non-hydrogen) atoms. The van der Waals surface area contributed by atoms with Gasteiger partial charge in [-0.25, -0.2) is 4.98 Å². The zero-order valence-electron chi connectivity index (χ0n) is 15.8. The molecule has 1 aliphatic heterocycles. The van der Waals surface area contributed by atoms with Gasteiger partial charge in [-0.1, -0.05) is 0 Å². The van der Waals surface area contributed by atoms with Gasteiger partial charge in [-0.2, -0.15) is 23.3 Å². The van der Waals surface area contributed by atoms with E-state index < -0.39 is 17.8 Å². The highest BCUT2D eigenvalue weighted by Crippen LogP contribution is 2.34. The van der Waals surface area contributed by atoms with Crippen LogP contribution in [0.15, 0.2) is 12.4 Å². The number of aromatic nitrogens is 4. The first kappa shape index (κ1) is 19.9. The zero-order chi connectivity index (χ0) is 20.5. The van der Waals surface area contributed by atoms with Crippen LogP contribution in [0.1, 0.15) is 37.1 Å². The number of hydrogen-bond acceptors (Lipinski definition) is 6. The Morgan fingerprint density at radius 3 is 2.54 bits per heavy atom. The Labute approximate surface area is 160 Å². The van der Waals surface area contributed by atoms with Crippen LogP contribution in [0.2, 0.25) is 0 Å². The Hall–Kier alpha value is -2.85. The molecule has 3 heterocycles. The van der Waals surface area contributed by atoms with Crippen LogP contribution in [-0.4, -0.2) is 50.7 Å². The van der Waals surface area contributed by atoms with Crippen LogP contribution < -0.4 is 10.6 Å². The van der Waals surface area contributed by atoms with Crippen molar-refractivity contribution in [2.45, 2.75) is 38.9 Å². The van der Waals surface area contributed by atoms with E-state index in [9.17, 15) is 18.0 Å². The van der Waals surface area contributed by atoms with Gasteiger partial charge in [-0.3, -0.25) is 9.48 Å². The summed E-state index contributed by atoms with van der Waals surface area (Å²) in [5.74, 6) is -0.329. The number of amides is 1. The summed E-state index contributed by atoms with van der Waals surface area (Å²) in [6.45, 7) is 5.05. The number of rotatable bonds is 5. The molecular weight excluding hydrogens is 375 g/mol. The Bertz CT molecular complexity index is 859. The average molecular weight is 397 g/mol. The SMILES string of the molecule is CNc1nc(Nc2cnn([C@H](C)C(=O)N3CCCC3)c2C)ncc1C(F)(F)F. The highest BCUT2D eigenvalue weighted by Gasteiger charge is 2.35. The summed E-state index contributed by atoms with van der Waals surface area (Å²) < 4.78 is 40.5. The number of nitrogens with one attached hydrogen (secondary N) is 2. The molecule has 8 nitrogen and oxygen atoms in total. The molecule has 2 aromatic heterocycles. The fraction of sp³-hybridized carbons (Fsp3) is 0.529. The Balaban J connectivity index is 1.80. The van der Waals surface area contributed by atoms with Crippen LogP contribution in [0.4, 0.5) is 30.6 Å². The second kappa shape index (κ2) is 7.64. The highest BCUT2D eigenvalue weighted by molar-refractivity contribution is 5.80. The van der Waals surface area contributed by atoms with Crippen molar-refractivity contribution in [1.29, 1.82) is 0 Å². The standard InChI is InChI=1S/C17H22F3N7O/c1-10-13(9-23-27(10)11(2)15(28)26-6-4-5-7-26)24-16-22-8-12(17(18,19)20)14(21-3)25-16/h8-9,11H,4-7H2,1-3H3,(H2,21,22,24,25)/t11-/m1/s1. The van der Waals surface area contributed by atoms with Crippen LogP contribution in [0.5, 0.6) is 0 Å². The quantitative estimate of drug-likeness (QED) is 0.807. The van der Waals surface area contributed by atoms with Gasteiger partial charge in [-0.05, 0) is 26.7 Å². The van der Waals surface area contributed by atoms with Gasteiger partial charge >= 0.3 is 6.18 Å². The molecule has 0 radical (unpaired) electrons. The molecule has 0 aliphatic carbocycles. The summed E-state index contributed by atoms with van der Waals surface area (Å²) in [4.78, 5) is 22.0. The maximum Gasteiger partial charge on any atom is 0.421 e. The summed E-state index contributed by atoms with van der Waals surface area (Å²) >= 11 is 0. The molecule has 0 saturated carbocycles. The normalized spacial score (nSPS) is 15.6. The maximum atomic E-state index is 13.0. The predicted molar refractivity (Wildman–Crippen MR) is 97.4 cm³/mol. The molecule has 2 aromatic rings. The van der Waals surface area contributed by atoms with Crippen molar-refractivity contribution in [2.75, 3.05) is 30.8 Å². The molecule has 11 heteroatoms. The molecule has 0 aromatic carbocycles. The van der Waals surface area contributed by atoms with E-state index in [1.807, 2.05) is 4.90 Å². The largest absolute Gasteiger partial charge is 0.421 e. The lowest BCUT2D eigenvalue weighted by molar-refractivity contribution is -0.137.